The van der Waals surface area contributed by atoms with E-state index in [9.17, 15) is 13.2 Å². The molecule has 0 spiro atoms. The number of aromatic nitrogens is 1. The maximum Gasteiger partial charge on any atom is 0.417 e. The van der Waals surface area contributed by atoms with Crippen molar-refractivity contribution in [2.24, 2.45) is 0 Å². The predicted octanol–water partition coefficient (Wildman–Crippen LogP) is 3.48. The molecule has 0 aliphatic heterocycles. The van der Waals surface area contributed by atoms with Gasteiger partial charge >= 0.3 is 6.18 Å². The molecule has 1 aromatic heterocycles. The van der Waals surface area contributed by atoms with Gasteiger partial charge < -0.3 is 5.32 Å². The Morgan fingerprint density at radius 1 is 1.50 bits per heavy atom. The summed E-state index contributed by atoms with van der Waals surface area (Å²) in [5, 5.41) is 2.97. The highest BCUT2D eigenvalue weighted by Crippen LogP contribution is 2.28. The number of nitrogens with one attached hydrogen (secondary N) is 1. The van der Waals surface area contributed by atoms with Crippen molar-refractivity contribution in [3.8, 4) is 0 Å². The van der Waals surface area contributed by atoms with Gasteiger partial charge in [-0.3, -0.25) is 0 Å². The van der Waals surface area contributed by atoms with Crippen LogP contribution in [-0.4, -0.2) is 11.0 Å². The first kappa shape index (κ1) is 12.5. The van der Waals surface area contributed by atoms with Gasteiger partial charge in [0.25, 0.3) is 0 Å². The summed E-state index contributed by atoms with van der Waals surface area (Å²) < 4.78 is 36.7. The van der Waals surface area contributed by atoms with Gasteiger partial charge in [-0.05, 0) is 25.5 Å². The van der Waals surface area contributed by atoms with Crippen molar-refractivity contribution >= 4 is 5.82 Å². The van der Waals surface area contributed by atoms with Crippen LogP contribution in [-0.2, 0) is 6.18 Å². The van der Waals surface area contributed by atoms with Gasteiger partial charge in [-0.25, -0.2) is 4.98 Å². The molecule has 5 heteroatoms. The van der Waals surface area contributed by atoms with Crippen LogP contribution < -0.4 is 5.32 Å². The minimum atomic E-state index is -4.34. The smallest absolute Gasteiger partial charge is 0.367 e. The van der Waals surface area contributed by atoms with Crippen LogP contribution in [0.2, 0.25) is 0 Å². The normalized spacial score (nSPS) is 13.2. The topological polar surface area (TPSA) is 24.9 Å². The van der Waals surface area contributed by atoms with Gasteiger partial charge in [-0.2, -0.15) is 13.2 Å². The first-order valence-electron chi connectivity index (χ1n) is 4.84. The Morgan fingerprint density at radius 3 is 2.62 bits per heavy atom. The van der Waals surface area contributed by atoms with E-state index in [0.29, 0.717) is 5.82 Å². The summed E-state index contributed by atoms with van der Waals surface area (Å²) in [7, 11) is 0. The van der Waals surface area contributed by atoms with Crippen LogP contribution in [0, 0.1) is 0 Å². The molecule has 0 amide bonds. The maximum atomic E-state index is 12.2. The molecule has 88 valence electrons. The van der Waals surface area contributed by atoms with Gasteiger partial charge in [0.2, 0.25) is 0 Å². The van der Waals surface area contributed by atoms with Gasteiger partial charge in [0.15, 0.2) is 0 Å². The van der Waals surface area contributed by atoms with Crippen LogP contribution in [0.25, 0.3) is 0 Å². The van der Waals surface area contributed by atoms with Crippen molar-refractivity contribution in [3.05, 3.63) is 36.5 Å². The van der Waals surface area contributed by atoms with Crippen LogP contribution in [0.5, 0.6) is 0 Å². The van der Waals surface area contributed by atoms with Gasteiger partial charge in [0.05, 0.1) is 5.56 Å². The highest BCUT2D eigenvalue weighted by Gasteiger charge is 2.30. The van der Waals surface area contributed by atoms with Gasteiger partial charge in [-0.1, -0.05) is 6.08 Å². The van der Waals surface area contributed by atoms with Crippen molar-refractivity contribution in [1.29, 1.82) is 0 Å². The zero-order valence-electron chi connectivity index (χ0n) is 8.88. The third-order valence-corrected chi connectivity index (χ3v) is 2.01. The van der Waals surface area contributed by atoms with Crippen LogP contribution >= 0.6 is 0 Å². The average molecular weight is 230 g/mol. The standard InChI is InChI=1S/C11H13F3N2/c1-3-4-8(2)16-10-6-5-9(7-15-10)11(12,13)14/h3,5-8H,1,4H2,2H3,(H,15,16). The molecule has 1 N–H and O–H groups in total. The van der Waals surface area contributed by atoms with E-state index >= 15 is 0 Å². The number of alkyl halides is 3. The van der Waals surface area contributed by atoms with E-state index in [0.717, 1.165) is 18.7 Å². The second-order valence-corrected chi connectivity index (χ2v) is 3.50. The van der Waals surface area contributed by atoms with Crippen molar-refractivity contribution in [2.75, 3.05) is 5.32 Å². The Labute approximate surface area is 92.2 Å². The lowest BCUT2D eigenvalue weighted by Crippen LogP contribution is -2.15. The zero-order chi connectivity index (χ0) is 12.2. The summed E-state index contributed by atoms with van der Waals surface area (Å²) in [6.07, 6.45) is -1.05. The molecule has 0 aliphatic rings. The second kappa shape index (κ2) is 5.01. The van der Waals surface area contributed by atoms with Crippen LogP contribution in [0.1, 0.15) is 18.9 Å². The molecule has 1 heterocycles. The Hall–Kier alpha value is -1.52. The maximum absolute atomic E-state index is 12.2. The zero-order valence-corrected chi connectivity index (χ0v) is 8.88. The molecule has 1 aromatic rings. The van der Waals surface area contributed by atoms with E-state index in [1.54, 1.807) is 6.08 Å². The lowest BCUT2D eigenvalue weighted by Gasteiger charge is -2.13. The number of nitrogens with zero attached hydrogens (tertiary/aromatic N) is 1. The molecule has 16 heavy (non-hydrogen) atoms. The van der Waals surface area contributed by atoms with Crippen LogP contribution in [0.4, 0.5) is 19.0 Å². The van der Waals surface area contributed by atoms with Crippen molar-refractivity contribution in [1.82, 2.24) is 4.98 Å². The minimum absolute atomic E-state index is 0.0988. The summed E-state index contributed by atoms with van der Waals surface area (Å²) in [5.74, 6) is 0.433. The fourth-order valence-electron chi connectivity index (χ4n) is 1.21. The highest BCUT2D eigenvalue weighted by molar-refractivity contribution is 5.37. The summed E-state index contributed by atoms with van der Waals surface area (Å²) in [5.41, 5.74) is -0.741. The molecule has 0 aromatic carbocycles. The number of rotatable bonds is 4. The van der Waals surface area contributed by atoms with Gasteiger partial charge in [-0.15, -0.1) is 6.58 Å². The molecule has 0 radical (unpaired) electrons. The number of anilines is 1. The van der Waals surface area contributed by atoms with Crippen molar-refractivity contribution in [3.63, 3.8) is 0 Å². The average Bonchev–Trinajstić information content (AvgIpc) is 2.17. The largest absolute Gasteiger partial charge is 0.417 e. The number of hydrogen-bond donors (Lipinski definition) is 1. The van der Waals surface area contributed by atoms with Gasteiger partial charge in [0.1, 0.15) is 5.82 Å². The third kappa shape index (κ3) is 3.56. The predicted molar refractivity (Wildman–Crippen MR) is 57.1 cm³/mol. The van der Waals surface area contributed by atoms with E-state index in [1.807, 2.05) is 6.92 Å². The van der Waals surface area contributed by atoms with E-state index in [2.05, 4.69) is 16.9 Å². The quantitative estimate of drug-likeness (QED) is 0.801. The van der Waals surface area contributed by atoms with Crippen molar-refractivity contribution in [2.45, 2.75) is 25.6 Å². The van der Waals surface area contributed by atoms with E-state index < -0.39 is 11.7 Å². The lowest BCUT2D eigenvalue weighted by atomic mass is 10.2. The number of pyridine rings is 1. The molecule has 1 unspecified atom stereocenters. The first-order valence-corrected chi connectivity index (χ1v) is 4.84. The summed E-state index contributed by atoms with van der Waals surface area (Å²) in [6.45, 7) is 5.48. The summed E-state index contributed by atoms with van der Waals surface area (Å²) in [6, 6.07) is 2.43. The first-order chi connectivity index (χ1) is 7.43. The third-order valence-electron chi connectivity index (χ3n) is 2.01. The molecule has 2 nitrogen and oxygen atoms in total. The van der Waals surface area contributed by atoms with E-state index in [4.69, 9.17) is 0 Å². The SMILES string of the molecule is C=CCC(C)Nc1ccc(C(F)(F)F)cn1. The number of hydrogen-bond acceptors (Lipinski definition) is 2. The molecular weight excluding hydrogens is 217 g/mol. The monoisotopic (exact) mass is 230 g/mol. The van der Waals surface area contributed by atoms with Crippen molar-refractivity contribution < 1.29 is 13.2 Å². The summed E-state index contributed by atoms with van der Waals surface area (Å²) in [4.78, 5) is 3.70. The molecule has 0 aliphatic carbocycles. The minimum Gasteiger partial charge on any atom is -0.367 e. The Morgan fingerprint density at radius 2 is 2.19 bits per heavy atom. The molecule has 0 fully saturated rings. The summed E-state index contributed by atoms with van der Waals surface area (Å²) >= 11 is 0. The molecular formula is C11H13F3N2. The lowest BCUT2D eigenvalue weighted by molar-refractivity contribution is -0.137. The molecule has 0 bridgehead atoms. The molecule has 1 atom stereocenters. The second-order valence-electron chi connectivity index (χ2n) is 3.50. The highest BCUT2D eigenvalue weighted by atomic mass is 19.4. The molecule has 0 saturated carbocycles. The fraction of sp³-hybridized carbons (Fsp3) is 0.364. The van der Waals surface area contributed by atoms with E-state index in [-0.39, 0.29) is 6.04 Å². The van der Waals surface area contributed by atoms with Crippen LogP contribution in [0.15, 0.2) is 31.0 Å². The fourth-order valence-corrected chi connectivity index (χ4v) is 1.21. The van der Waals surface area contributed by atoms with E-state index in [1.165, 1.54) is 6.07 Å². The Kier molecular flexibility index (Phi) is 3.93. The van der Waals surface area contributed by atoms with Crippen LogP contribution in [0.3, 0.4) is 0 Å². The molecule has 1 rings (SSSR count). The Bertz CT molecular complexity index is 343. The Balaban J connectivity index is 2.68. The number of halogens is 3. The molecule has 0 saturated heterocycles. The van der Waals surface area contributed by atoms with Gasteiger partial charge in [0, 0.05) is 12.2 Å².